The van der Waals surface area contributed by atoms with Gasteiger partial charge in [0, 0.05) is 17.2 Å². The van der Waals surface area contributed by atoms with Crippen LogP contribution in [0.15, 0.2) is 6.20 Å². The molecule has 0 bridgehead atoms. The van der Waals surface area contributed by atoms with Gasteiger partial charge in [0.15, 0.2) is 5.69 Å². The summed E-state index contributed by atoms with van der Waals surface area (Å²) in [5.74, 6) is 7.20. The molecule has 0 saturated carbocycles. The van der Waals surface area contributed by atoms with Crippen molar-refractivity contribution in [2.75, 3.05) is 17.7 Å². The molecule has 1 amide bonds. The van der Waals surface area contributed by atoms with Crippen molar-refractivity contribution in [2.24, 2.45) is 5.84 Å². The van der Waals surface area contributed by atoms with Gasteiger partial charge in [-0.05, 0) is 25.5 Å². The molecule has 1 aliphatic heterocycles. The normalized spacial score (nSPS) is 21.6. The molecular weight excluding hydrogens is 286 g/mol. The molecule has 1 aromatic rings. The van der Waals surface area contributed by atoms with Crippen LogP contribution in [-0.2, 0) is 0 Å². The highest BCUT2D eigenvalue weighted by atomic mass is 32.2. The fraction of sp³-hybridized carbons (Fsp3) is 0.643. The smallest absolute Gasteiger partial charge is 0.272 e. The first-order valence-corrected chi connectivity index (χ1v) is 8.19. The highest BCUT2D eigenvalue weighted by Crippen LogP contribution is 2.37. The molecule has 4 N–H and O–H groups in total. The van der Waals surface area contributed by atoms with Gasteiger partial charge in [-0.15, -0.1) is 0 Å². The lowest BCUT2D eigenvalue weighted by molar-refractivity contribution is 0.0945. The van der Waals surface area contributed by atoms with Crippen LogP contribution in [0.2, 0.25) is 0 Å². The van der Waals surface area contributed by atoms with Crippen LogP contribution in [0.1, 0.15) is 55.8 Å². The van der Waals surface area contributed by atoms with Gasteiger partial charge in [0.2, 0.25) is 0 Å². The van der Waals surface area contributed by atoms with E-state index in [2.05, 4.69) is 27.6 Å². The van der Waals surface area contributed by atoms with Gasteiger partial charge >= 0.3 is 0 Å². The number of hydrogen-bond donors (Lipinski definition) is 3. The summed E-state index contributed by atoms with van der Waals surface area (Å²) in [6.45, 7) is 6.81. The van der Waals surface area contributed by atoms with E-state index in [1.54, 1.807) is 6.20 Å². The third-order valence-electron chi connectivity index (χ3n) is 3.62. The summed E-state index contributed by atoms with van der Waals surface area (Å²) in [5, 5.41) is 2.98. The van der Waals surface area contributed by atoms with Crippen LogP contribution < -0.4 is 16.6 Å². The Morgan fingerprint density at radius 2 is 2.33 bits per heavy atom. The molecule has 0 radical (unpaired) electrons. The number of nitrogens with zero attached hydrogens (tertiary/aromatic N) is 2. The lowest BCUT2D eigenvalue weighted by atomic mass is 10.1. The Morgan fingerprint density at radius 1 is 1.57 bits per heavy atom. The number of aromatic nitrogens is 2. The van der Waals surface area contributed by atoms with Crippen LogP contribution in [-0.4, -0.2) is 32.9 Å². The summed E-state index contributed by atoms with van der Waals surface area (Å²) in [6, 6.07) is 0. The van der Waals surface area contributed by atoms with Crippen LogP contribution in [0.25, 0.3) is 0 Å². The molecule has 2 rings (SSSR count). The molecular formula is C14H23N5OS. The van der Waals surface area contributed by atoms with Gasteiger partial charge in [0.25, 0.3) is 5.91 Å². The number of nitrogens with one attached hydrogen (secondary N) is 2. The molecule has 0 spiro atoms. The Hall–Kier alpha value is -1.34. The largest absolute Gasteiger partial charge is 0.349 e. The van der Waals surface area contributed by atoms with Crippen molar-refractivity contribution in [3.63, 3.8) is 0 Å². The number of carbonyl (C=O) groups excluding carboxylic acids is 1. The standard InChI is InChI=1S/C14H23N5OS/c1-9(2)12-16-7-10(19-15)11(18-12)13(20)17-8-14(3)5-4-6-21-14/h7,9,19H,4-6,8,15H2,1-3H3,(H,17,20). The lowest BCUT2D eigenvalue weighted by Gasteiger charge is -2.23. The number of nitrogen functional groups attached to an aromatic ring is 1. The third-order valence-corrected chi connectivity index (χ3v) is 5.16. The SMILES string of the molecule is CC(C)c1ncc(NN)c(C(=O)NCC2(C)CCCS2)n1. The van der Waals surface area contributed by atoms with Crippen LogP contribution >= 0.6 is 11.8 Å². The first-order chi connectivity index (χ1) is 9.95. The van der Waals surface area contributed by atoms with Gasteiger partial charge in [-0.3, -0.25) is 10.6 Å². The second kappa shape index (κ2) is 6.62. The summed E-state index contributed by atoms with van der Waals surface area (Å²) >= 11 is 1.91. The minimum Gasteiger partial charge on any atom is -0.349 e. The second-order valence-electron chi connectivity index (χ2n) is 5.87. The van der Waals surface area contributed by atoms with Crippen LogP contribution in [0.4, 0.5) is 5.69 Å². The van der Waals surface area contributed by atoms with E-state index in [9.17, 15) is 4.79 Å². The number of nitrogens with two attached hydrogens (primary N) is 1. The van der Waals surface area contributed by atoms with Crippen molar-refractivity contribution in [1.29, 1.82) is 0 Å². The van der Waals surface area contributed by atoms with E-state index >= 15 is 0 Å². The predicted octanol–water partition coefficient (Wildman–Crippen LogP) is 1.90. The van der Waals surface area contributed by atoms with E-state index in [1.807, 2.05) is 25.6 Å². The molecule has 1 saturated heterocycles. The number of rotatable bonds is 5. The Kier molecular flexibility index (Phi) is 5.05. The topological polar surface area (TPSA) is 92.9 Å². The fourth-order valence-electron chi connectivity index (χ4n) is 2.28. The van der Waals surface area contributed by atoms with Gasteiger partial charge in [0.1, 0.15) is 5.82 Å². The molecule has 1 atom stereocenters. The van der Waals surface area contributed by atoms with Gasteiger partial charge < -0.3 is 10.7 Å². The zero-order valence-corrected chi connectivity index (χ0v) is 13.6. The molecule has 0 aromatic carbocycles. The average Bonchev–Trinajstić information content (AvgIpc) is 2.91. The Morgan fingerprint density at radius 3 is 2.90 bits per heavy atom. The number of thioether (sulfide) groups is 1. The molecule has 1 aliphatic rings. The highest BCUT2D eigenvalue weighted by Gasteiger charge is 2.30. The molecule has 21 heavy (non-hydrogen) atoms. The summed E-state index contributed by atoms with van der Waals surface area (Å²) in [6.07, 6.45) is 3.89. The van der Waals surface area contributed by atoms with Gasteiger partial charge in [-0.2, -0.15) is 11.8 Å². The van der Waals surface area contributed by atoms with E-state index in [0.29, 0.717) is 23.8 Å². The number of carbonyl (C=O) groups is 1. The van der Waals surface area contributed by atoms with Crippen LogP contribution in [0.5, 0.6) is 0 Å². The zero-order valence-electron chi connectivity index (χ0n) is 12.8. The minimum atomic E-state index is -0.207. The molecule has 1 aromatic heterocycles. The molecule has 6 nitrogen and oxygen atoms in total. The molecule has 1 unspecified atom stereocenters. The van der Waals surface area contributed by atoms with E-state index in [0.717, 1.165) is 12.2 Å². The van der Waals surface area contributed by atoms with Crippen molar-refractivity contribution < 1.29 is 4.79 Å². The van der Waals surface area contributed by atoms with E-state index in [4.69, 9.17) is 5.84 Å². The maximum absolute atomic E-state index is 12.4. The van der Waals surface area contributed by atoms with Gasteiger partial charge in [0.05, 0.1) is 11.9 Å². The number of hydrogen-bond acceptors (Lipinski definition) is 6. The summed E-state index contributed by atoms with van der Waals surface area (Å²) in [7, 11) is 0. The van der Waals surface area contributed by atoms with Gasteiger partial charge in [-0.25, -0.2) is 9.97 Å². The molecule has 0 aliphatic carbocycles. The highest BCUT2D eigenvalue weighted by molar-refractivity contribution is 8.00. The maximum atomic E-state index is 12.4. The Bertz CT molecular complexity index is 514. The Labute approximate surface area is 129 Å². The van der Waals surface area contributed by atoms with E-state index < -0.39 is 0 Å². The number of hydrazine groups is 1. The van der Waals surface area contributed by atoms with Crippen LogP contribution in [0, 0.1) is 0 Å². The quantitative estimate of drug-likeness (QED) is 0.568. The van der Waals surface area contributed by atoms with E-state index in [1.165, 1.54) is 6.42 Å². The van der Waals surface area contributed by atoms with Crippen molar-refractivity contribution in [2.45, 2.75) is 44.3 Å². The van der Waals surface area contributed by atoms with Gasteiger partial charge in [-0.1, -0.05) is 13.8 Å². The zero-order chi connectivity index (χ0) is 15.5. The number of amides is 1. The first-order valence-electron chi connectivity index (χ1n) is 7.21. The monoisotopic (exact) mass is 309 g/mol. The van der Waals surface area contributed by atoms with E-state index in [-0.39, 0.29) is 16.6 Å². The summed E-state index contributed by atoms with van der Waals surface area (Å²) in [4.78, 5) is 20.9. The predicted molar refractivity (Wildman–Crippen MR) is 86.4 cm³/mol. The van der Waals surface area contributed by atoms with Crippen LogP contribution in [0.3, 0.4) is 0 Å². The van der Waals surface area contributed by atoms with Crippen molar-refractivity contribution in [3.05, 3.63) is 17.7 Å². The maximum Gasteiger partial charge on any atom is 0.272 e. The molecule has 116 valence electrons. The third kappa shape index (κ3) is 3.85. The minimum absolute atomic E-state index is 0.125. The molecule has 2 heterocycles. The lowest BCUT2D eigenvalue weighted by Crippen LogP contribution is -2.37. The second-order valence-corrected chi connectivity index (χ2v) is 7.56. The van der Waals surface area contributed by atoms with Crippen molar-refractivity contribution in [1.82, 2.24) is 15.3 Å². The van der Waals surface area contributed by atoms with Crippen molar-refractivity contribution in [3.8, 4) is 0 Å². The fourth-order valence-corrected chi connectivity index (χ4v) is 3.52. The summed E-state index contributed by atoms with van der Waals surface area (Å²) in [5.41, 5.74) is 3.24. The Balaban J connectivity index is 2.11. The first kappa shape index (κ1) is 16.0. The number of anilines is 1. The summed E-state index contributed by atoms with van der Waals surface area (Å²) < 4.78 is 0.125. The average molecular weight is 309 g/mol. The molecule has 7 heteroatoms. The van der Waals surface area contributed by atoms with Crippen molar-refractivity contribution >= 4 is 23.4 Å². The molecule has 1 fully saturated rings.